The minimum atomic E-state index is -4.77. The summed E-state index contributed by atoms with van der Waals surface area (Å²) in [6.07, 6.45) is -2.09. The van der Waals surface area contributed by atoms with Crippen LogP contribution in [0.1, 0.15) is 31.2 Å². The van der Waals surface area contributed by atoms with Crippen LogP contribution in [0, 0.1) is 0 Å². The molecule has 0 saturated heterocycles. The molecule has 10 N–H and O–H groups in total. The fraction of sp³-hybridized carbons (Fsp3) is 0.429. The lowest BCUT2D eigenvalue weighted by molar-refractivity contribution is -0.140. The van der Waals surface area contributed by atoms with E-state index in [4.69, 9.17) is 30.8 Å². The van der Waals surface area contributed by atoms with Crippen molar-refractivity contribution in [3.05, 3.63) is 29.8 Å². The van der Waals surface area contributed by atoms with Crippen molar-refractivity contribution in [2.75, 3.05) is 6.54 Å². The Morgan fingerprint density at radius 3 is 1.74 bits per heavy atom. The number of benzene rings is 1. The monoisotopic (exact) mass is 576 g/mol. The second-order valence-electron chi connectivity index (χ2n) is 8.14. The summed E-state index contributed by atoms with van der Waals surface area (Å²) < 4.78 is 15.3. The van der Waals surface area contributed by atoms with E-state index in [9.17, 15) is 33.3 Å². The van der Waals surface area contributed by atoms with Crippen LogP contribution in [-0.4, -0.2) is 85.4 Å². The number of aliphatic carboxylic acids is 3. The third kappa shape index (κ3) is 13.9. The molecule has 39 heavy (non-hydrogen) atoms. The standard InChI is InChI=1S/C21H29N4O13P/c22-13(9-11-1-3-12(4-2-11)38-39(35,36)37)19(32)24-15(6-8-17(28)29)21(34)25-14(5-7-16(26)27)20(33)23-10-18(30)31/h1-4,13-15H,5-10,22H2,(H,23,33)(H,24,32)(H,25,34)(H,26,27)(H,28,29)(H,30,31)(H2,35,36,37)/t13-,14-,15-/m0/s1. The molecular formula is C21H29N4O13P. The van der Waals surface area contributed by atoms with Gasteiger partial charge in [-0.2, -0.15) is 0 Å². The van der Waals surface area contributed by atoms with E-state index in [2.05, 4.69) is 15.2 Å². The number of carbonyl (C=O) groups excluding carboxylic acids is 3. The van der Waals surface area contributed by atoms with Gasteiger partial charge in [0.2, 0.25) is 17.7 Å². The first-order valence-electron chi connectivity index (χ1n) is 11.2. The van der Waals surface area contributed by atoms with Crippen molar-refractivity contribution in [1.82, 2.24) is 16.0 Å². The molecule has 0 unspecified atom stereocenters. The quantitative estimate of drug-likeness (QED) is 0.0900. The fourth-order valence-corrected chi connectivity index (χ4v) is 3.48. The first-order chi connectivity index (χ1) is 18.1. The van der Waals surface area contributed by atoms with Gasteiger partial charge in [-0.1, -0.05) is 12.1 Å². The van der Waals surface area contributed by atoms with Crippen LogP contribution in [0.3, 0.4) is 0 Å². The van der Waals surface area contributed by atoms with E-state index >= 15 is 0 Å². The van der Waals surface area contributed by atoms with Gasteiger partial charge in [0.15, 0.2) is 0 Å². The number of rotatable bonds is 17. The zero-order chi connectivity index (χ0) is 29.8. The van der Waals surface area contributed by atoms with Gasteiger partial charge in [-0.25, -0.2) is 4.57 Å². The molecule has 0 aliphatic rings. The minimum Gasteiger partial charge on any atom is -0.481 e. The Labute approximate surface area is 220 Å². The highest BCUT2D eigenvalue weighted by Crippen LogP contribution is 2.37. The summed E-state index contributed by atoms with van der Waals surface area (Å²) >= 11 is 0. The topological polar surface area (TPSA) is 292 Å². The Morgan fingerprint density at radius 2 is 1.28 bits per heavy atom. The molecule has 216 valence electrons. The van der Waals surface area contributed by atoms with Gasteiger partial charge in [-0.3, -0.25) is 38.6 Å². The van der Waals surface area contributed by atoms with Crippen LogP contribution >= 0.6 is 7.82 Å². The molecule has 0 heterocycles. The number of nitrogens with one attached hydrogen (secondary N) is 3. The smallest absolute Gasteiger partial charge is 0.481 e. The maximum atomic E-state index is 12.8. The number of hydrogen-bond donors (Lipinski definition) is 9. The molecule has 3 amide bonds. The lowest BCUT2D eigenvalue weighted by Gasteiger charge is -2.23. The van der Waals surface area contributed by atoms with Crippen molar-refractivity contribution in [2.45, 2.75) is 50.2 Å². The van der Waals surface area contributed by atoms with E-state index < -0.39 is 93.8 Å². The second kappa shape index (κ2) is 15.4. The van der Waals surface area contributed by atoms with Gasteiger partial charge in [-0.05, 0) is 37.0 Å². The number of carbonyl (C=O) groups is 6. The van der Waals surface area contributed by atoms with E-state index in [-0.39, 0.29) is 12.2 Å². The maximum Gasteiger partial charge on any atom is 0.524 e. The van der Waals surface area contributed by atoms with Crippen LogP contribution < -0.4 is 26.2 Å². The molecular weight excluding hydrogens is 547 g/mol. The van der Waals surface area contributed by atoms with Crippen LogP contribution in [0.25, 0.3) is 0 Å². The van der Waals surface area contributed by atoms with Crippen LogP contribution in [0.5, 0.6) is 5.75 Å². The number of phosphoric ester groups is 1. The molecule has 17 nitrogen and oxygen atoms in total. The minimum absolute atomic E-state index is 0.103. The Hall–Kier alpha value is -4.05. The lowest BCUT2D eigenvalue weighted by atomic mass is 10.0. The molecule has 3 atom stereocenters. The molecule has 1 aromatic rings. The highest BCUT2D eigenvalue weighted by atomic mass is 31.2. The number of hydrogen-bond acceptors (Lipinski definition) is 9. The maximum absolute atomic E-state index is 12.8. The van der Waals surface area contributed by atoms with Gasteiger partial charge in [0, 0.05) is 12.8 Å². The summed E-state index contributed by atoms with van der Waals surface area (Å²) in [7, 11) is -4.77. The molecule has 0 spiro atoms. The van der Waals surface area contributed by atoms with Crippen molar-refractivity contribution in [1.29, 1.82) is 0 Å². The molecule has 0 radical (unpaired) electrons. The number of nitrogens with two attached hydrogens (primary N) is 1. The van der Waals surface area contributed by atoms with Crippen molar-refractivity contribution in [3.63, 3.8) is 0 Å². The SMILES string of the molecule is N[C@@H](Cc1ccc(OP(=O)(O)O)cc1)C(=O)N[C@@H](CCC(=O)O)C(=O)N[C@@H](CCC(=O)O)C(=O)NCC(=O)O. The van der Waals surface area contributed by atoms with Crippen molar-refractivity contribution < 1.29 is 63.0 Å². The second-order valence-corrected chi connectivity index (χ2v) is 9.30. The number of carboxylic acid groups (broad SMARTS) is 3. The highest BCUT2D eigenvalue weighted by molar-refractivity contribution is 7.46. The molecule has 1 rings (SSSR count). The Kier molecular flexibility index (Phi) is 13.0. The van der Waals surface area contributed by atoms with Crippen LogP contribution in [-0.2, 0) is 39.8 Å². The number of phosphoric acid groups is 1. The summed E-state index contributed by atoms with van der Waals surface area (Å²) in [6.45, 7) is -0.807. The molecule has 0 aliphatic heterocycles. The summed E-state index contributed by atoms with van der Waals surface area (Å²) in [6, 6.07) is 0.965. The Balaban J connectivity index is 2.94. The van der Waals surface area contributed by atoms with E-state index in [0.29, 0.717) is 5.56 Å². The molecule has 0 bridgehead atoms. The van der Waals surface area contributed by atoms with E-state index in [1.165, 1.54) is 24.3 Å². The van der Waals surface area contributed by atoms with Crippen molar-refractivity contribution >= 4 is 43.5 Å². The van der Waals surface area contributed by atoms with Gasteiger partial charge >= 0.3 is 25.7 Å². The first kappa shape index (κ1) is 33.0. The fourth-order valence-electron chi connectivity index (χ4n) is 3.08. The third-order valence-electron chi connectivity index (χ3n) is 4.91. The number of amides is 3. The zero-order valence-electron chi connectivity index (χ0n) is 20.3. The lowest BCUT2D eigenvalue weighted by Crippen LogP contribution is -2.56. The summed E-state index contributed by atoms with van der Waals surface area (Å²) in [5.74, 6) is -7.05. The van der Waals surface area contributed by atoms with Crippen molar-refractivity contribution in [3.8, 4) is 5.75 Å². The summed E-state index contributed by atoms with van der Waals surface area (Å²) in [5, 5.41) is 33.1. The molecule has 18 heteroatoms. The molecule has 0 fully saturated rings. The van der Waals surface area contributed by atoms with Gasteiger partial charge < -0.3 is 41.5 Å². The van der Waals surface area contributed by atoms with Crippen LogP contribution in [0.2, 0.25) is 0 Å². The number of carboxylic acids is 3. The molecule has 0 aliphatic carbocycles. The Bertz CT molecular complexity index is 1110. The predicted octanol–water partition coefficient (Wildman–Crippen LogP) is -2.07. The van der Waals surface area contributed by atoms with Gasteiger partial charge in [-0.15, -0.1) is 0 Å². The first-order valence-corrected chi connectivity index (χ1v) is 12.7. The predicted molar refractivity (Wildman–Crippen MR) is 129 cm³/mol. The van der Waals surface area contributed by atoms with Crippen LogP contribution in [0.4, 0.5) is 0 Å². The highest BCUT2D eigenvalue weighted by Gasteiger charge is 2.29. The van der Waals surface area contributed by atoms with E-state index in [1.54, 1.807) is 0 Å². The molecule has 0 saturated carbocycles. The molecule has 0 aromatic heterocycles. The Morgan fingerprint density at radius 1 is 0.795 bits per heavy atom. The normalized spacial score (nSPS) is 13.3. The third-order valence-corrected chi connectivity index (χ3v) is 5.36. The van der Waals surface area contributed by atoms with Gasteiger partial charge in [0.05, 0.1) is 6.04 Å². The zero-order valence-corrected chi connectivity index (χ0v) is 21.2. The average molecular weight is 576 g/mol. The van der Waals surface area contributed by atoms with E-state index in [0.717, 1.165) is 0 Å². The van der Waals surface area contributed by atoms with Gasteiger partial charge in [0.1, 0.15) is 24.4 Å². The summed E-state index contributed by atoms with van der Waals surface area (Å²) in [4.78, 5) is 88.1. The van der Waals surface area contributed by atoms with Crippen LogP contribution in [0.15, 0.2) is 24.3 Å². The average Bonchev–Trinajstić information content (AvgIpc) is 2.82. The largest absolute Gasteiger partial charge is 0.524 e. The van der Waals surface area contributed by atoms with Crippen molar-refractivity contribution in [2.24, 2.45) is 5.73 Å². The molecule has 1 aromatic carbocycles. The summed E-state index contributed by atoms with van der Waals surface area (Å²) in [5.41, 5.74) is 6.34. The van der Waals surface area contributed by atoms with Gasteiger partial charge in [0.25, 0.3) is 0 Å². The van der Waals surface area contributed by atoms with E-state index in [1.807, 2.05) is 5.32 Å².